The first-order chi connectivity index (χ1) is 10.3. The highest BCUT2D eigenvalue weighted by Gasteiger charge is 2.26. The number of pyridine rings is 1. The number of hydrogen-bond donors (Lipinski definition) is 1. The molecule has 2 aromatic rings. The summed E-state index contributed by atoms with van der Waals surface area (Å²) in [5, 5.41) is 3.47. The molecule has 1 aromatic heterocycles. The van der Waals surface area contributed by atoms with E-state index in [9.17, 15) is 0 Å². The summed E-state index contributed by atoms with van der Waals surface area (Å²) in [7, 11) is 3.72. The molecule has 1 heterocycles. The van der Waals surface area contributed by atoms with Crippen molar-refractivity contribution in [3.8, 4) is 5.75 Å². The summed E-state index contributed by atoms with van der Waals surface area (Å²) in [4.78, 5) is 4.30. The summed E-state index contributed by atoms with van der Waals surface area (Å²) in [6.07, 6.45) is 7.20. The molecule has 0 amide bonds. The number of methoxy groups -OCH3 is 1. The van der Waals surface area contributed by atoms with Crippen molar-refractivity contribution in [1.29, 1.82) is 0 Å². The summed E-state index contributed by atoms with van der Waals surface area (Å²) in [5.74, 6) is 1.42. The van der Waals surface area contributed by atoms with E-state index in [0.29, 0.717) is 12.0 Å². The predicted octanol–water partition coefficient (Wildman–Crippen LogP) is 3.16. The molecule has 3 rings (SSSR count). The molecule has 110 valence electrons. The van der Waals surface area contributed by atoms with E-state index in [1.807, 2.05) is 13.2 Å². The van der Waals surface area contributed by atoms with Crippen LogP contribution < -0.4 is 10.1 Å². The van der Waals surface area contributed by atoms with Gasteiger partial charge >= 0.3 is 0 Å². The van der Waals surface area contributed by atoms with E-state index >= 15 is 0 Å². The molecule has 0 saturated carbocycles. The summed E-state index contributed by atoms with van der Waals surface area (Å²) in [5.41, 5.74) is 4.21. The minimum absolute atomic E-state index is 0.320. The zero-order valence-electron chi connectivity index (χ0n) is 12.7. The highest BCUT2D eigenvalue weighted by atomic mass is 16.5. The van der Waals surface area contributed by atoms with E-state index in [1.54, 1.807) is 13.3 Å². The molecule has 1 aliphatic carbocycles. The lowest BCUT2D eigenvalue weighted by Gasteiger charge is -2.31. The van der Waals surface area contributed by atoms with Gasteiger partial charge < -0.3 is 10.1 Å². The molecule has 0 aliphatic heterocycles. The standard InChI is InChI=1S/C18H22N2O/c1-19-18(16-10-17(21-2)12-20-11-16)15-8-7-13-5-3-4-6-14(13)9-15/h3-6,10-12,15,18-19H,7-9H2,1-2H3. The van der Waals surface area contributed by atoms with E-state index in [0.717, 1.165) is 18.6 Å². The Kier molecular flexibility index (Phi) is 4.20. The number of aromatic nitrogens is 1. The molecular weight excluding hydrogens is 260 g/mol. The minimum Gasteiger partial charge on any atom is -0.495 e. The number of ether oxygens (including phenoxy) is 1. The van der Waals surface area contributed by atoms with Crippen LogP contribution in [0.1, 0.15) is 29.2 Å². The smallest absolute Gasteiger partial charge is 0.137 e. The fourth-order valence-corrected chi connectivity index (χ4v) is 3.40. The summed E-state index contributed by atoms with van der Waals surface area (Å²) in [6, 6.07) is 11.2. The second-order valence-corrected chi connectivity index (χ2v) is 5.70. The molecule has 21 heavy (non-hydrogen) atoms. The zero-order chi connectivity index (χ0) is 14.7. The molecule has 3 nitrogen and oxygen atoms in total. The van der Waals surface area contributed by atoms with Crippen LogP contribution in [0.5, 0.6) is 5.75 Å². The minimum atomic E-state index is 0.320. The van der Waals surface area contributed by atoms with Crippen molar-refractivity contribution in [2.24, 2.45) is 5.92 Å². The van der Waals surface area contributed by atoms with E-state index in [1.165, 1.54) is 23.1 Å². The van der Waals surface area contributed by atoms with Crippen molar-refractivity contribution in [3.63, 3.8) is 0 Å². The third kappa shape index (κ3) is 2.93. The van der Waals surface area contributed by atoms with Crippen LogP contribution in [0, 0.1) is 5.92 Å². The fourth-order valence-electron chi connectivity index (χ4n) is 3.40. The Hall–Kier alpha value is -1.87. The van der Waals surface area contributed by atoms with Gasteiger partial charge in [-0.2, -0.15) is 0 Å². The highest BCUT2D eigenvalue weighted by Crippen LogP contribution is 2.34. The maximum Gasteiger partial charge on any atom is 0.137 e. The van der Waals surface area contributed by atoms with Gasteiger partial charge in [-0.15, -0.1) is 0 Å². The summed E-state index contributed by atoms with van der Waals surface area (Å²) < 4.78 is 5.30. The molecular formula is C18H22N2O. The Morgan fingerprint density at radius 3 is 2.81 bits per heavy atom. The van der Waals surface area contributed by atoms with Crippen molar-refractivity contribution in [3.05, 3.63) is 59.4 Å². The van der Waals surface area contributed by atoms with Crippen LogP contribution in [0.15, 0.2) is 42.7 Å². The van der Waals surface area contributed by atoms with Gasteiger partial charge in [0.2, 0.25) is 0 Å². The number of aryl methyl sites for hydroxylation is 1. The normalized spacial score (nSPS) is 18.9. The van der Waals surface area contributed by atoms with Crippen molar-refractivity contribution in [2.75, 3.05) is 14.2 Å². The predicted molar refractivity (Wildman–Crippen MR) is 84.5 cm³/mol. The Labute approximate surface area is 126 Å². The van der Waals surface area contributed by atoms with Gasteiger partial charge in [-0.1, -0.05) is 24.3 Å². The molecule has 0 radical (unpaired) electrons. The first-order valence-electron chi connectivity index (χ1n) is 7.55. The lowest BCUT2D eigenvalue weighted by molar-refractivity contribution is 0.339. The van der Waals surface area contributed by atoms with Crippen molar-refractivity contribution in [2.45, 2.75) is 25.3 Å². The Morgan fingerprint density at radius 2 is 2.05 bits per heavy atom. The van der Waals surface area contributed by atoms with Crippen LogP contribution in [-0.2, 0) is 12.8 Å². The number of nitrogens with zero attached hydrogens (tertiary/aromatic N) is 1. The third-order valence-corrected chi connectivity index (χ3v) is 4.50. The van der Waals surface area contributed by atoms with Crippen molar-refractivity contribution < 1.29 is 4.74 Å². The SMILES string of the molecule is CNC(c1cncc(OC)c1)C1CCc2ccccc2C1. The van der Waals surface area contributed by atoms with Gasteiger partial charge in [0, 0.05) is 12.2 Å². The number of benzene rings is 1. The number of rotatable bonds is 4. The first-order valence-corrected chi connectivity index (χ1v) is 7.55. The monoisotopic (exact) mass is 282 g/mol. The maximum absolute atomic E-state index is 5.30. The quantitative estimate of drug-likeness (QED) is 0.935. The molecule has 1 aromatic carbocycles. The van der Waals surface area contributed by atoms with E-state index < -0.39 is 0 Å². The van der Waals surface area contributed by atoms with Crippen molar-refractivity contribution in [1.82, 2.24) is 10.3 Å². The number of fused-ring (bicyclic) bond motifs is 1. The van der Waals surface area contributed by atoms with E-state index in [4.69, 9.17) is 4.74 Å². The molecule has 0 saturated heterocycles. The summed E-state index contributed by atoms with van der Waals surface area (Å²) >= 11 is 0. The lowest BCUT2D eigenvalue weighted by atomic mass is 9.78. The zero-order valence-corrected chi connectivity index (χ0v) is 12.7. The fraction of sp³-hybridized carbons (Fsp3) is 0.389. The second kappa shape index (κ2) is 6.27. The molecule has 1 N–H and O–H groups in total. The van der Waals surface area contributed by atoms with Gasteiger partial charge in [-0.25, -0.2) is 0 Å². The van der Waals surface area contributed by atoms with Crippen LogP contribution >= 0.6 is 0 Å². The first kappa shape index (κ1) is 14.1. The molecule has 3 heteroatoms. The van der Waals surface area contributed by atoms with Crippen LogP contribution in [0.25, 0.3) is 0 Å². The van der Waals surface area contributed by atoms with Gasteiger partial charge in [0.15, 0.2) is 0 Å². The molecule has 0 fully saturated rings. The topological polar surface area (TPSA) is 34.2 Å². The Bertz CT molecular complexity index is 612. The average molecular weight is 282 g/mol. The average Bonchev–Trinajstić information content (AvgIpc) is 2.56. The van der Waals surface area contributed by atoms with Crippen LogP contribution in [0.4, 0.5) is 0 Å². The molecule has 2 unspecified atom stereocenters. The molecule has 1 aliphatic rings. The highest BCUT2D eigenvalue weighted by molar-refractivity contribution is 5.32. The number of hydrogen-bond acceptors (Lipinski definition) is 3. The third-order valence-electron chi connectivity index (χ3n) is 4.50. The second-order valence-electron chi connectivity index (χ2n) is 5.70. The Morgan fingerprint density at radius 1 is 1.24 bits per heavy atom. The lowest BCUT2D eigenvalue weighted by Crippen LogP contribution is -2.29. The Balaban J connectivity index is 1.84. The van der Waals surface area contributed by atoms with Gasteiger partial charge in [0.05, 0.1) is 13.3 Å². The largest absolute Gasteiger partial charge is 0.495 e. The summed E-state index contributed by atoms with van der Waals surface area (Å²) in [6.45, 7) is 0. The van der Waals surface area contributed by atoms with E-state index in [2.05, 4.69) is 40.6 Å². The van der Waals surface area contributed by atoms with Crippen LogP contribution in [0.3, 0.4) is 0 Å². The van der Waals surface area contributed by atoms with Gasteiger partial charge in [0.1, 0.15) is 5.75 Å². The van der Waals surface area contributed by atoms with Crippen molar-refractivity contribution >= 4 is 0 Å². The molecule has 0 bridgehead atoms. The van der Waals surface area contributed by atoms with Gasteiger partial charge in [0.25, 0.3) is 0 Å². The number of nitrogens with one attached hydrogen (secondary N) is 1. The van der Waals surface area contributed by atoms with Crippen LogP contribution in [0.2, 0.25) is 0 Å². The van der Waals surface area contributed by atoms with E-state index in [-0.39, 0.29) is 0 Å². The molecule has 2 atom stereocenters. The molecule has 0 spiro atoms. The van der Waals surface area contributed by atoms with Crippen LogP contribution in [-0.4, -0.2) is 19.1 Å². The van der Waals surface area contributed by atoms with Gasteiger partial charge in [-0.3, -0.25) is 4.98 Å². The van der Waals surface area contributed by atoms with Gasteiger partial charge in [-0.05, 0) is 55.0 Å². The maximum atomic E-state index is 5.30.